The smallest absolute Gasteiger partial charge is 0.343 e. The molecule has 4 rings (SSSR count). The predicted molar refractivity (Wildman–Crippen MR) is 98.2 cm³/mol. The lowest BCUT2D eigenvalue weighted by Gasteiger charge is -2.09. The van der Waals surface area contributed by atoms with Crippen molar-refractivity contribution < 1.29 is 18.3 Å². The molecule has 3 heterocycles. The van der Waals surface area contributed by atoms with Crippen molar-refractivity contribution in [3.05, 3.63) is 65.8 Å². The average Bonchev–Trinajstić information content (AvgIpc) is 3.37. The SMILES string of the molecule is CCOC(=O)c1cnc(NCc2ccc(F)cc2)n2nc(-c3ccco3)nc12. The van der Waals surface area contributed by atoms with E-state index in [1.54, 1.807) is 31.2 Å². The molecule has 142 valence electrons. The summed E-state index contributed by atoms with van der Waals surface area (Å²) in [5.41, 5.74) is 1.35. The second kappa shape index (κ2) is 7.47. The topological polar surface area (TPSA) is 94.5 Å². The van der Waals surface area contributed by atoms with E-state index in [2.05, 4.69) is 20.4 Å². The highest BCUT2D eigenvalue weighted by atomic mass is 19.1. The number of esters is 1. The molecule has 9 heteroatoms. The van der Waals surface area contributed by atoms with Gasteiger partial charge in [-0.05, 0) is 36.8 Å². The van der Waals surface area contributed by atoms with Crippen LogP contribution in [0.1, 0.15) is 22.8 Å². The van der Waals surface area contributed by atoms with Crippen molar-refractivity contribution in [3.8, 4) is 11.6 Å². The van der Waals surface area contributed by atoms with Crippen molar-refractivity contribution in [1.82, 2.24) is 19.6 Å². The quantitative estimate of drug-likeness (QED) is 0.512. The van der Waals surface area contributed by atoms with Crippen LogP contribution < -0.4 is 5.32 Å². The Kier molecular flexibility index (Phi) is 4.71. The van der Waals surface area contributed by atoms with Crippen molar-refractivity contribution in [2.45, 2.75) is 13.5 Å². The molecule has 0 aliphatic rings. The Balaban J connectivity index is 1.72. The average molecular weight is 381 g/mol. The number of nitrogens with zero attached hydrogens (tertiary/aromatic N) is 4. The van der Waals surface area contributed by atoms with Crippen molar-refractivity contribution in [2.75, 3.05) is 11.9 Å². The summed E-state index contributed by atoms with van der Waals surface area (Å²) in [5, 5.41) is 7.53. The Morgan fingerprint density at radius 1 is 1.29 bits per heavy atom. The number of nitrogens with one attached hydrogen (secondary N) is 1. The van der Waals surface area contributed by atoms with Gasteiger partial charge in [-0.2, -0.15) is 4.52 Å². The molecule has 0 unspecified atom stereocenters. The number of fused-ring (bicyclic) bond motifs is 1. The molecule has 0 bridgehead atoms. The molecule has 0 spiro atoms. The summed E-state index contributed by atoms with van der Waals surface area (Å²) < 4.78 is 24.9. The number of hydrogen-bond acceptors (Lipinski definition) is 7. The van der Waals surface area contributed by atoms with Gasteiger partial charge in [0.15, 0.2) is 11.4 Å². The van der Waals surface area contributed by atoms with E-state index in [1.165, 1.54) is 29.1 Å². The van der Waals surface area contributed by atoms with Crippen LogP contribution in [0.3, 0.4) is 0 Å². The van der Waals surface area contributed by atoms with E-state index in [-0.39, 0.29) is 18.0 Å². The van der Waals surface area contributed by atoms with E-state index in [0.29, 0.717) is 29.7 Å². The zero-order valence-corrected chi connectivity index (χ0v) is 14.9. The number of ether oxygens (including phenoxy) is 1. The van der Waals surface area contributed by atoms with Gasteiger partial charge in [0.05, 0.1) is 12.9 Å². The molecular formula is C19H16FN5O3. The zero-order valence-electron chi connectivity index (χ0n) is 14.9. The third-order valence-corrected chi connectivity index (χ3v) is 3.97. The first-order chi connectivity index (χ1) is 13.7. The van der Waals surface area contributed by atoms with Crippen LogP contribution in [0.5, 0.6) is 0 Å². The fourth-order valence-electron chi connectivity index (χ4n) is 2.64. The number of halogens is 1. The summed E-state index contributed by atoms with van der Waals surface area (Å²) in [6, 6.07) is 9.55. The van der Waals surface area contributed by atoms with Crippen LogP contribution in [0.25, 0.3) is 17.2 Å². The first-order valence-corrected chi connectivity index (χ1v) is 8.61. The Morgan fingerprint density at radius 2 is 2.11 bits per heavy atom. The Morgan fingerprint density at radius 3 is 2.82 bits per heavy atom. The molecular weight excluding hydrogens is 365 g/mol. The molecule has 3 aromatic heterocycles. The van der Waals surface area contributed by atoms with Gasteiger partial charge >= 0.3 is 5.97 Å². The predicted octanol–water partition coefficient (Wildman–Crippen LogP) is 3.31. The van der Waals surface area contributed by atoms with Gasteiger partial charge < -0.3 is 14.5 Å². The van der Waals surface area contributed by atoms with Gasteiger partial charge in [0.1, 0.15) is 11.4 Å². The maximum atomic E-state index is 13.1. The standard InChI is InChI=1S/C19H16FN5O3/c1-2-27-18(26)14-11-22-19(21-10-12-5-7-13(20)8-6-12)25-17(14)23-16(24-25)15-4-3-9-28-15/h3-9,11H,2,10H2,1H3,(H,21,22). The fraction of sp³-hybridized carbons (Fsp3) is 0.158. The van der Waals surface area contributed by atoms with Crippen molar-refractivity contribution in [3.63, 3.8) is 0 Å². The molecule has 0 amide bonds. The maximum absolute atomic E-state index is 13.1. The third kappa shape index (κ3) is 3.41. The lowest BCUT2D eigenvalue weighted by atomic mass is 10.2. The first kappa shape index (κ1) is 17.7. The summed E-state index contributed by atoms with van der Waals surface area (Å²) in [7, 11) is 0. The minimum atomic E-state index is -0.538. The Hall–Kier alpha value is -3.75. The number of rotatable bonds is 6. The minimum absolute atomic E-state index is 0.194. The molecule has 0 fully saturated rings. The van der Waals surface area contributed by atoms with Crippen LogP contribution in [0.2, 0.25) is 0 Å². The van der Waals surface area contributed by atoms with Crippen molar-refractivity contribution in [1.29, 1.82) is 0 Å². The highest BCUT2D eigenvalue weighted by molar-refractivity contribution is 5.95. The number of hydrogen-bond donors (Lipinski definition) is 1. The van der Waals surface area contributed by atoms with Gasteiger partial charge in [0, 0.05) is 12.7 Å². The van der Waals surface area contributed by atoms with E-state index in [0.717, 1.165) is 5.56 Å². The van der Waals surface area contributed by atoms with Crippen LogP contribution in [-0.4, -0.2) is 32.2 Å². The molecule has 0 aliphatic heterocycles. The second-order valence-electron chi connectivity index (χ2n) is 5.84. The van der Waals surface area contributed by atoms with Gasteiger partial charge in [-0.15, -0.1) is 5.10 Å². The maximum Gasteiger partial charge on any atom is 0.343 e. The van der Waals surface area contributed by atoms with E-state index in [9.17, 15) is 9.18 Å². The van der Waals surface area contributed by atoms with Gasteiger partial charge in [-0.1, -0.05) is 12.1 Å². The lowest BCUT2D eigenvalue weighted by molar-refractivity contribution is 0.0527. The lowest BCUT2D eigenvalue weighted by Crippen LogP contribution is -2.12. The minimum Gasteiger partial charge on any atom is -0.462 e. The van der Waals surface area contributed by atoms with Crippen LogP contribution in [0, 0.1) is 5.82 Å². The number of anilines is 1. The van der Waals surface area contributed by atoms with E-state index in [1.807, 2.05) is 0 Å². The highest BCUT2D eigenvalue weighted by Gasteiger charge is 2.20. The number of carbonyl (C=O) groups is 1. The molecule has 0 aliphatic carbocycles. The number of aromatic nitrogens is 4. The van der Waals surface area contributed by atoms with E-state index < -0.39 is 5.97 Å². The van der Waals surface area contributed by atoms with Crippen LogP contribution in [0.15, 0.2) is 53.3 Å². The monoisotopic (exact) mass is 381 g/mol. The number of benzene rings is 1. The fourth-order valence-corrected chi connectivity index (χ4v) is 2.64. The van der Waals surface area contributed by atoms with E-state index in [4.69, 9.17) is 9.15 Å². The van der Waals surface area contributed by atoms with Crippen molar-refractivity contribution in [2.24, 2.45) is 0 Å². The summed E-state index contributed by atoms with van der Waals surface area (Å²) in [4.78, 5) is 20.9. The Labute approximate surface area is 159 Å². The summed E-state index contributed by atoms with van der Waals surface area (Å²) in [5.74, 6) is 0.306. The molecule has 4 aromatic rings. The van der Waals surface area contributed by atoms with Crippen LogP contribution in [0.4, 0.5) is 10.3 Å². The molecule has 8 nitrogen and oxygen atoms in total. The second-order valence-corrected chi connectivity index (χ2v) is 5.84. The number of furan rings is 1. The largest absolute Gasteiger partial charge is 0.462 e. The third-order valence-electron chi connectivity index (χ3n) is 3.97. The summed E-state index contributed by atoms with van der Waals surface area (Å²) in [6.45, 7) is 2.34. The molecule has 0 atom stereocenters. The molecule has 1 N–H and O–H groups in total. The molecule has 1 aromatic carbocycles. The van der Waals surface area contributed by atoms with Crippen molar-refractivity contribution >= 4 is 17.6 Å². The van der Waals surface area contributed by atoms with Gasteiger partial charge in [-0.3, -0.25) is 0 Å². The van der Waals surface area contributed by atoms with Crippen LogP contribution >= 0.6 is 0 Å². The van der Waals surface area contributed by atoms with Gasteiger partial charge in [0.2, 0.25) is 11.8 Å². The normalized spacial score (nSPS) is 10.9. The van der Waals surface area contributed by atoms with Crippen LogP contribution in [-0.2, 0) is 11.3 Å². The highest BCUT2D eigenvalue weighted by Crippen LogP contribution is 2.21. The zero-order chi connectivity index (χ0) is 19.5. The van der Waals surface area contributed by atoms with Gasteiger partial charge in [-0.25, -0.2) is 19.2 Å². The van der Waals surface area contributed by atoms with Gasteiger partial charge in [0.25, 0.3) is 0 Å². The summed E-state index contributed by atoms with van der Waals surface area (Å²) in [6.07, 6.45) is 2.90. The molecule has 0 saturated carbocycles. The number of carbonyl (C=O) groups excluding carboxylic acids is 1. The Bertz CT molecular complexity index is 1110. The first-order valence-electron chi connectivity index (χ1n) is 8.61. The summed E-state index contributed by atoms with van der Waals surface area (Å²) >= 11 is 0. The van der Waals surface area contributed by atoms with E-state index >= 15 is 0 Å². The molecule has 0 radical (unpaired) electrons. The molecule has 0 saturated heterocycles. The molecule has 28 heavy (non-hydrogen) atoms.